The van der Waals surface area contributed by atoms with Crippen molar-refractivity contribution < 1.29 is 0 Å². The van der Waals surface area contributed by atoms with Crippen LogP contribution in [0.25, 0.3) is 11.2 Å². The van der Waals surface area contributed by atoms with Crippen LogP contribution in [-0.4, -0.2) is 33.3 Å². The zero-order valence-electron chi connectivity index (χ0n) is 17.6. The molecule has 2 aromatic heterocycles. The number of nitriles is 1. The fourth-order valence-corrected chi connectivity index (χ4v) is 5.06. The van der Waals surface area contributed by atoms with Gasteiger partial charge in [-0.2, -0.15) is 10.4 Å². The van der Waals surface area contributed by atoms with Crippen LogP contribution in [-0.2, 0) is 0 Å². The summed E-state index contributed by atoms with van der Waals surface area (Å²) in [6, 6.07) is 8.06. The number of aromatic nitrogens is 4. The Kier molecular flexibility index (Phi) is 5.16. The molecule has 0 bridgehead atoms. The molecular weight excluding hydrogens is 386 g/mol. The smallest absolute Gasteiger partial charge is 0.183 e. The van der Waals surface area contributed by atoms with Gasteiger partial charge in [0.05, 0.1) is 17.3 Å². The zero-order valence-corrected chi connectivity index (χ0v) is 17.6. The van der Waals surface area contributed by atoms with E-state index in [4.69, 9.17) is 15.7 Å². The number of aromatic amines is 1. The van der Waals surface area contributed by atoms with Crippen LogP contribution in [0.4, 0.5) is 11.5 Å². The summed E-state index contributed by atoms with van der Waals surface area (Å²) in [6.07, 6.45) is 9.36. The SMILES string of the molecule is C=C[C@H]1CCN(c2n[nH]c3nc(C4CCC(CN)CC4)cnc23)c2ccc(C#N)cc21. The summed E-state index contributed by atoms with van der Waals surface area (Å²) in [6.45, 7) is 5.57. The minimum atomic E-state index is 0.228. The van der Waals surface area contributed by atoms with Crippen molar-refractivity contribution in [3.8, 4) is 6.07 Å². The molecule has 3 N–H and O–H groups in total. The molecule has 3 aromatic rings. The molecule has 1 saturated carbocycles. The largest absolute Gasteiger partial charge is 0.330 e. The number of nitrogens with two attached hydrogens (primary N) is 1. The van der Waals surface area contributed by atoms with Crippen LogP contribution >= 0.6 is 0 Å². The molecule has 1 fully saturated rings. The van der Waals surface area contributed by atoms with Gasteiger partial charge in [0.15, 0.2) is 17.0 Å². The third kappa shape index (κ3) is 3.47. The Morgan fingerprint density at radius 3 is 2.84 bits per heavy atom. The number of benzene rings is 1. The summed E-state index contributed by atoms with van der Waals surface area (Å²) in [5.74, 6) is 2.10. The Balaban J connectivity index is 1.48. The van der Waals surface area contributed by atoms with Gasteiger partial charge in [-0.1, -0.05) is 6.08 Å². The predicted octanol–water partition coefficient (Wildman–Crippen LogP) is 4.27. The molecular formula is C24H27N7. The molecule has 0 radical (unpaired) electrons. The van der Waals surface area contributed by atoms with E-state index in [0.717, 1.165) is 79.1 Å². The van der Waals surface area contributed by atoms with Crippen LogP contribution in [0.1, 0.15) is 60.8 Å². The monoisotopic (exact) mass is 413 g/mol. The van der Waals surface area contributed by atoms with Crippen molar-refractivity contribution >= 4 is 22.7 Å². The van der Waals surface area contributed by atoms with Gasteiger partial charge in [0.1, 0.15) is 0 Å². The summed E-state index contributed by atoms with van der Waals surface area (Å²) in [5, 5.41) is 17.0. The number of hydrogen-bond acceptors (Lipinski definition) is 6. The maximum atomic E-state index is 9.32. The predicted molar refractivity (Wildman–Crippen MR) is 121 cm³/mol. The zero-order chi connectivity index (χ0) is 21.4. The lowest BCUT2D eigenvalue weighted by molar-refractivity contribution is 0.329. The minimum absolute atomic E-state index is 0.228. The Labute approximate surface area is 182 Å². The van der Waals surface area contributed by atoms with E-state index in [1.807, 2.05) is 30.5 Å². The molecule has 7 nitrogen and oxygen atoms in total. The Morgan fingerprint density at radius 1 is 1.26 bits per heavy atom. The second-order valence-corrected chi connectivity index (χ2v) is 8.66. The topological polar surface area (TPSA) is 108 Å². The van der Waals surface area contributed by atoms with Gasteiger partial charge in [-0.3, -0.25) is 5.10 Å². The fraction of sp³-hybridized carbons (Fsp3) is 0.417. The first kappa shape index (κ1) is 19.7. The van der Waals surface area contributed by atoms with Crippen LogP contribution in [0, 0.1) is 17.2 Å². The minimum Gasteiger partial charge on any atom is -0.330 e. The van der Waals surface area contributed by atoms with Gasteiger partial charge >= 0.3 is 0 Å². The molecule has 1 atom stereocenters. The van der Waals surface area contributed by atoms with E-state index < -0.39 is 0 Å². The molecule has 1 aliphatic carbocycles. The van der Waals surface area contributed by atoms with Crippen molar-refractivity contribution in [2.24, 2.45) is 11.7 Å². The van der Waals surface area contributed by atoms with E-state index in [1.54, 1.807) is 0 Å². The Morgan fingerprint density at radius 2 is 2.10 bits per heavy atom. The highest BCUT2D eigenvalue weighted by molar-refractivity contribution is 5.87. The molecule has 0 unspecified atom stereocenters. The number of fused-ring (bicyclic) bond motifs is 2. The molecule has 158 valence electrons. The molecule has 3 heterocycles. The number of anilines is 2. The van der Waals surface area contributed by atoms with Crippen molar-refractivity contribution in [3.63, 3.8) is 0 Å². The average Bonchev–Trinajstić information content (AvgIpc) is 3.26. The first-order valence-corrected chi connectivity index (χ1v) is 11.1. The van der Waals surface area contributed by atoms with E-state index in [0.29, 0.717) is 17.4 Å². The van der Waals surface area contributed by atoms with Crippen molar-refractivity contribution in [2.45, 2.75) is 43.9 Å². The van der Waals surface area contributed by atoms with Crippen LogP contribution in [0.3, 0.4) is 0 Å². The third-order valence-corrected chi connectivity index (χ3v) is 6.92. The first-order chi connectivity index (χ1) is 15.2. The van der Waals surface area contributed by atoms with Crippen molar-refractivity contribution in [1.29, 1.82) is 5.26 Å². The average molecular weight is 414 g/mol. The van der Waals surface area contributed by atoms with Crippen molar-refractivity contribution in [2.75, 3.05) is 18.0 Å². The number of H-pyrrole nitrogens is 1. The molecule has 1 aromatic carbocycles. The molecule has 5 rings (SSSR count). The quantitative estimate of drug-likeness (QED) is 0.619. The van der Waals surface area contributed by atoms with Gasteiger partial charge in [0.2, 0.25) is 0 Å². The van der Waals surface area contributed by atoms with Crippen LogP contribution in [0.15, 0.2) is 37.1 Å². The third-order valence-electron chi connectivity index (χ3n) is 6.92. The second kappa shape index (κ2) is 8.12. The molecule has 31 heavy (non-hydrogen) atoms. The lowest BCUT2D eigenvalue weighted by Crippen LogP contribution is -2.27. The Bertz CT molecular complexity index is 1150. The second-order valence-electron chi connectivity index (χ2n) is 8.66. The maximum Gasteiger partial charge on any atom is 0.183 e. The van der Waals surface area contributed by atoms with E-state index in [2.05, 4.69) is 27.7 Å². The van der Waals surface area contributed by atoms with E-state index in [-0.39, 0.29) is 5.92 Å². The highest BCUT2D eigenvalue weighted by atomic mass is 15.3. The lowest BCUT2D eigenvalue weighted by Gasteiger charge is -2.33. The molecule has 0 spiro atoms. The van der Waals surface area contributed by atoms with Gasteiger partial charge in [-0.05, 0) is 68.3 Å². The van der Waals surface area contributed by atoms with Gasteiger partial charge < -0.3 is 10.6 Å². The highest BCUT2D eigenvalue weighted by Crippen LogP contribution is 2.41. The molecule has 0 amide bonds. The number of hydrogen-bond donors (Lipinski definition) is 2. The summed E-state index contributed by atoms with van der Waals surface area (Å²) in [5.41, 5.74) is 11.2. The summed E-state index contributed by atoms with van der Waals surface area (Å²) in [4.78, 5) is 11.8. The molecule has 7 heteroatoms. The number of rotatable bonds is 4. The van der Waals surface area contributed by atoms with E-state index in [9.17, 15) is 5.26 Å². The van der Waals surface area contributed by atoms with E-state index in [1.165, 1.54) is 0 Å². The molecule has 1 aliphatic heterocycles. The highest BCUT2D eigenvalue weighted by Gasteiger charge is 2.29. The van der Waals surface area contributed by atoms with Crippen molar-refractivity contribution in [1.82, 2.24) is 20.2 Å². The van der Waals surface area contributed by atoms with Crippen LogP contribution in [0.2, 0.25) is 0 Å². The summed E-state index contributed by atoms with van der Waals surface area (Å²) in [7, 11) is 0. The van der Waals surface area contributed by atoms with Gasteiger partial charge in [-0.15, -0.1) is 6.58 Å². The first-order valence-electron chi connectivity index (χ1n) is 11.1. The fourth-order valence-electron chi connectivity index (χ4n) is 5.06. The molecule has 2 aliphatic rings. The van der Waals surface area contributed by atoms with Crippen LogP contribution in [0.5, 0.6) is 0 Å². The van der Waals surface area contributed by atoms with Crippen LogP contribution < -0.4 is 10.6 Å². The maximum absolute atomic E-state index is 9.32. The standard InChI is InChI=1S/C24H27N7/c1-2-17-9-10-31(21-8-5-16(13-26)11-19(17)21)24-22-23(29-30-24)28-20(14-27-22)18-6-3-15(12-25)4-7-18/h2,5,8,11,14-15,17-18H,1,3-4,6-7,9-10,12,25H2,(H,28,29,30)/t15?,17-,18?/m0/s1. The lowest BCUT2D eigenvalue weighted by atomic mass is 9.81. The van der Waals surface area contributed by atoms with Crippen molar-refractivity contribution in [3.05, 3.63) is 53.9 Å². The van der Waals surface area contributed by atoms with Gasteiger partial charge in [0.25, 0.3) is 0 Å². The van der Waals surface area contributed by atoms with Gasteiger partial charge in [0, 0.05) is 30.3 Å². The summed E-state index contributed by atoms with van der Waals surface area (Å²) >= 11 is 0. The Hall–Kier alpha value is -3.24. The number of nitrogens with zero attached hydrogens (tertiary/aromatic N) is 5. The molecule has 0 saturated heterocycles. The van der Waals surface area contributed by atoms with E-state index >= 15 is 0 Å². The van der Waals surface area contributed by atoms with Gasteiger partial charge in [-0.25, -0.2) is 9.97 Å². The number of allylic oxidation sites excluding steroid dienone is 1. The summed E-state index contributed by atoms with van der Waals surface area (Å²) < 4.78 is 0. The normalized spacial score (nSPS) is 23.4. The number of nitrogens with one attached hydrogen (secondary N) is 1.